The zero-order valence-corrected chi connectivity index (χ0v) is 15.4. The van der Waals surface area contributed by atoms with E-state index in [-0.39, 0.29) is 41.5 Å². The molecule has 0 saturated heterocycles. The SMILES string of the molecule is COc1cc([C@@H]2CC(=O)NC3=C2C(=O)C[C@H](c2ccc(F)cc2)C3)ccc1O. The third kappa shape index (κ3) is 3.26. The summed E-state index contributed by atoms with van der Waals surface area (Å²) in [4.78, 5) is 25.4. The van der Waals surface area contributed by atoms with E-state index >= 15 is 0 Å². The molecule has 5 nitrogen and oxygen atoms in total. The molecule has 28 heavy (non-hydrogen) atoms. The Hall–Kier alpha value is -3.15. The van der Waals surface area contributed by atoms with Crippen molar-refractivity contribution in [3.63, 3.8) is 0 Å². The number of aromatic hydroxyl groups is 1. The van der Waals surface area contributed by atoms with Crippen molar-refractivity contribution in [3.8, 4) is 11.5 Å². The van der Waals surface area contributed by atoms with Gasteiger partial charge in [-0.1, -0.05) is 18.2 Å². The number of methoxy groups -OCH3 is 1. The zero-order chi connectivity index (χ0) is 19.8. The predicted molar refractivity (Wildman–Crippen MR) is 101 cm³/mol. The normalized spacial score (nSPS) is 21.9. The average Bonchev–Trinajstić information content (AvgIpc) is 2.68. The molecule has 1 aliphatic carbocycles. The van der Waals surface area contributed by atoms with Crippen LogP contribution in [0.5, 0.6) is 11.5 Å². The van der Waals surface area contributed by atoms with Crippen LogP contribution in [0.15, 0.2) is 53.7 Å². The van der Waals surface area contributed by atoms with Crippen molar-refractivity contribution in [3.05, 3.63) is 70.7 Å². The molecular weight excluding hydrogens is 361 g/mol. The molecule has 0 fully saturated rings. The maximum absolute atomic E-state index is 13.2. The molecule has 0 spiro atoms. The number of benzene rings is 2. The zero-order valence-electron chi connectivity index (χ0n) is 15.4. The Kier molecular flexibility index (Phi) is 4.63. The van der Waals surface area contributed by atoms with Crippen LogP contribution in [-0.2, 0) is 9.59 Å². The van der Waals surface area contributed by atoms with E-state index in [2.05, 4.69) is 5.32 Å². The minimum atomic E-state index is -0.375. The van der Waals surface area contributed by atoms with Gasteiger partial charge in [0.05, 0.1) is 7.11 Å². The summed E-state index contributed by atoms with van der Waals surface area (Å²) < 4.78 is 18.4. The topological polar surface area (TPSA) is 75.6 Å². The predicted octanol–water partition coefficient (Wildman–Crippen LogP) is 3.54. The lowest BCUT2D eigenvalue weighted by Crippen LogP contribution is -2.38. The summed E-state index contributed by atoms with van der Waals surface area (Å²) in [6.07, 6.45) is 0.996. The number of phenolic OH excluding ortho intramolecular Hbond substituents is 1. The maximum Gasteiger partial charge on any atom is 0.225 e. The number of rotatable bonds is 3. The van der Waals surface area contributed by atoms with Crippen LogP contribution in [-0.4, -0.2) is 23.9 Å². The van der Waals surface area contributed by atoms with E-state index in [9.17, 15) is 19.1 Å². The number of phenols is 1. The van der Waals surface area contributed by atoms with Crippen molar-refractivity contribution in [1.29, 1.82) is 0 Å². The molecule has 0 unspecified atom stereocenters. The first-order chi connectivity index (χ1) is 13.5. The fourth-order valence-corrected chi connectivity index (χ4v) is 4.13. The molecule has 2 atom stereocenters. The Labute approximate surface area is 161 Å². The van der Waals surface area contributed by atoms with Crippen LogP contribution in [0.2, 0.25) is 0 Å². The van der Waals surface area contributed by atoms with Crippen molar-refractivity contribution in [1.82, 2.24) is 5.32 Å². The molecule has 0 saturated carbocycles. The number of hydrogen-bond acceptors (Lipinski definition) is 4. The van der Waals surface area contributed by atoms with E-state index in [0.717, 1.165) is 11.1 Å². The van der Waals surface area contributed by atoms with Crippen molar-refractivity contribution in [2.45, 2.75) is 31.1 Å². The minimum Gasteiger partial charge on any atom is -0.504 e. The van der Waals surface area contributed by atoms with Gasteiger partial charge in [0.2, 0.25) is 5.91 Å². The number of carbonyl (C=O) groups is 2. The molecule has 6 heteroatoms. The third-order valence-corrected chi connectivity index (χ3v) is 5.48. The smallest absolute Gasteiger partial charge is 0.225 e. The fraction of sp³-hybridized carbons (Fsp3) is 0.273. The molecule has 2 N–H and O–H groups in total. The summed E-state index contributed by atoms with van der Waals surface area (Å²) in [5, 5.41) is 12.7. The van der Waals surface area contributed by atoms with E-state index in [1.54, 1.807) is 24.3 Å². The van der Waals surface area contributed by atoms with E-state index < -0.39 is 0 Å². The number of carbonyl (C=O) groups excluding carboxylic acids is 2. The van der Waals surface area contributed by atoms with Crippen LogP contribution >= 0.6 is 0 Å². The van der Waals surface area contributed by atoms with Gasteiger partial charge in [-0.3, -0.25) is 9.59 Å². The van der Waals surface area contributed by atoms with E-state index in [1.807, 2.05) is 0 Å². The molecule has 0 radical (unpaired) electrons. The molecule has 0 aromatic heterocycles. The maximum atomic E-state index is 13.2. The summed E-state index contributed by atoms with van der Waals surface area (Å²) in [5.41, 5.74) is 2.89. The molecule has 1 heterocycles. The third-order valence-electron chi connectivity index (χ3n) is 5.48. The number of ether oxygens (including phenoxy) is 1. The van der Waals surface area contributed by atoms with Gasteiger partial charge >= 0.3 is 0 Å². The van der Waals surface area contributed by atoms with Crippen LogP contribution in [0.4, 0.5) is 4.39 Å². The molecule has 4 rings (SSSR count). The summed E-state index contributed by atoms with van der Waals surface area (Å²) in [6, 6.07) is 11.0. The summed E-state index contributed by atoms with van der Waals surface area (Å²) in [7, 11) is 1.45. The van der Waals surface area contributed by atoms with Gasteiger partial charge in [-0.15, -0.1) is 0 Å². The first kappa shape index (κ1) is 18.2. The molecule has 1 amide bonds. The van der Waals surface area contributed by atoms with Gasteiger partial charge in [-0.25, -0.2) is 4.39 Å². The molecule has 2 aromatic rings. The highest BCUT2D eigenvalue weighted by atomic mass is 19.1. The molecule has 0 bridgehead atoms. The molecule has 1 aliphatic heterocycles. The number of ketones is 1. The molecule has 2 aliphatic rings. The molecular formula is C22H20FNO4. The van der Waals surface area contributed by atoms with Gasteiger partial charge in [0.25, 0.3) is 0 Å². The number of amides is 1. The lowest BCUT2D eigenvalue weighted by atomic mass is 9.73. The van der Waals surface area contributed by atoms with Crippen LogP contribution in [0.3, 0.4) is 0 Å². The Morgan fingerprint density at radius 3 is 2.46 bits per heavy atom. The first-order valence-corrected chi connectivity index (χ1v) is 9.14. The number of hydrogen-bond donors (Lipinski definition) is 2. The number of nitrogens with one attached hydrogen (secondary N) is 1. The second-order valence-corrected chi connectivity index (χ2v) is 7.21. The van der Waals surface area contributed by atoms with Gasteiger partial charge in [-0.05, 0) is 47.7 Å². The number of Topliss-reactive ketones (excluding diaryl/α,β-unsaturated/α-hetero) is 1. The van der Waals surface area contributed by atoms with Gasteiger partial charge < -0.3 is 15.2 Å². The molecule has 144 valence electrons. The second-order valence-electron chi connectivity index (χ2n) is 7.21. The number of halogens is 1. The van der Waals surface area contributed by atoms with Crippen molar-refractivity contribution < 1.29 is 23.8 Å². The molecule has 2 aromatic carbocycles. The van der Waals surface area contributed by atoms with Crippen LogP contribution in [0.25, 0.3) is 0 Å². The highest BCUT2D eigenvalue weighted by molar-refractivity contribution is 6.02. The van der Waals surface area contributed by atoms with Crippen LogP contribution in [0, 0.1) is 5.82 Å². The highest BCUT2D eigenvalue weighted by Crippen LogP contribution is 2.43. The highest BCUT2D eigenvalue weighted by Gasteiger charge is 2.38. The van der Waals surface area contributed by atoms with Crippen molar-refractivity contribution in [2.24, 2.45) is 0 Å². The first-order valence-electron chi connectivity index (χ1n) is 9.14. The van der Waals surface area contributed by atoms with Gasteiger partial charge in [0.1, 0.15) is 5.82 Å². The van der Waals surface area contributed by atoms with Gasteiger partial charge in [0.15, 0.2) is 17.3 Å². The lowest BCUT2D eigenvalue weighted by Gasteiger charge is -2.34. The van der Waals surface area contributed by atoms with Crippen molar-refractivity contribution in [2.75, 3.05) is 7.11 Å². The Morgan fingerprint density at radius 1 is 1.04 bits per heavy atom. The summed E-state index contributed by atoms with van der Waals surface area (Å²) in [5.74, 6) is -0.653. The Morgan fingerprint density at radius 2 is 1.75 bits per heavy atom. The van der Waals surface area contributed by atoms with E-state index in [0.29, 0.717) is 29.9 Å². The summed E-state index contributed by atoms with van der Waals surface area (Å²) >= 11 is 0. The monoisotopic (exact) mass is 381 g/mol. The van der Waals surface area contributed by atoms with E-state index in [1.165, 1.54) is 25.3 Å². The van der Waals surface area contributed by atoms with E-state index in [4.69, 9.17) is 4.74 Å². The number of allylic oxidation sites excluding steroid dienone is 2. The van der Waals surface area contributed by atoms with Crippen LogP contribution in [0.1, 0.15) is 42.2 Å². The lowest BCUT2D eigenvalue weighted by molar-refractivity contribution is -0.122. The largest absolute Gasteiger partial charge is 0.504 e. The quantitative estimate of drug-likeness (QED) is 0.853. The standard InChI is InChI=1S/C22H20FNO4/c1-28-20-10-13(4-7-18(20)25)16-11-21(27)24-17-8-14(9-19(26)22(16)17)12-2-5-15(23)6-3-12/h2-7,10,14,16,25H,8-9,11H2,1H3,(H,24,27)/t14-,16+/m1/s1. The average molecular weight is 381 g/mol. The summed E-state index contributed by atoms with van der Waals surface area (Å²) in [6.45, 7) is 0. The van der Waals surface area contributed by atoms with Crippen molar-refractivity contribution >= 4 is 11.7 Å². The second kappa shape index (κ2) is 7.11. The minimum absolute atomic E-state index is 0.00654. The van der Waals surface area contributed by atoms with Gasteiger partial charge in [-0.2, -0.15) is 0 Å². The fourth-order valence-electron chi connectivity index (χ4n) is 4.13. The Bertz CT molecular complexity index is 981. The Balaban J connectivity index is 1.71. The van der Waals surface area contributed by atoms with Crippen LogP contribution < -0.4 is 10.1 Å². The van der Waals surface area contributed by atoms with Gasteiger partial charge in [0, 0.05) is 30.0 Å².